The third-order valence-corrected chi connectivity index (χ3v) is 5.63. The van der Waals surface area contributed by atoms with Crippen molar-refractivity contribution in [2.24, 2.45) is 0 Å². The number of rotatable bonds is 4. The van der Waals surface area contributed by atoms with Crippen LogP contribution < -0.4 is 4.90 Å². The van der Waals surface area contributed by atoms with E-state index in [4.69, 9.17) is 0 Å². The van der Waals surface area contributed by atoms with Crippen molar-refractivity contribution in [3.05, 3.63) is 69.3 Å². The van der Waals surface area contributed by atoms with Gasteiger partial charge in [-0.1, -0.05) is 6.07 Å². The fourth-order valence-electron chi connectivity index (χ4n) is 3.86. The minimum atomic E-state index is -4.46. The van der Waals surface area contributed by atoms with Gasteiger partial charge in [0.15, 0.2) is 0 Å². The molecule has 2 aliphatic rings. The third kappa shape index (κ3) is 4.23. The van der Waals surface area contributed by atoms with Crippen LogP contribution in [0.3, 0.4) is 0 Å². The summed E-state index contributed by atoms with van der Waals surface area (Å²) in [7, 11) is 0. The predicted molar refractivity (Wildman–Crippen MR) is 109 cm³/mol. The zero-order valence-corrected chi connectivity index (χ0v) is 17.0. The van der Waals surface area contributed by atoms with Crippen LogP contribution in [0.15, 0.2) is 42.5 Å². The van der Waals surface area contributed by atoms with Crippen LogP contribution in [0.2, 0.25) is 0 Å². The van der Waals surface area contributed by atoms with Gasteiger partial charge in [0, 0.05) is 44.0 Å². The minimum absolute atomic E-state index is 0.00670. The highest BCUT2D eigenvalue weighted by Crippen LogP contribution is 2.32. The van der Waals surface area contributed by atoms with Gasteiger partial charge in [-0.25, -0.2) is 0 Å². The molecule has 2 aromatic rings. The molecule has 9 nitrogen and oxygen atoms in total. The van der Waals surface area contributed by atoms with Crippen molar-refractivity contribution in [1.82, 2.24) is 9.80 Å². The van der Waals surface area contributed by atoms with Crippen LogP contribution in [-0.4, -0.2) is 65.2 Å². The average Bonchev–Trinajstić information content (AvgIpc) is 3.03. The van der Waals surface area contributed by atoms with Gasteiger partial charge in [-0.2, -0.15) is 13.2 Å². The van der Waals surface area contributed by atoms with Crippen LogP contribution >= 0.6 is 0 Å². The SMILES string of the molecule is O=C(CN1C(=O)c2ccc([N+](=O)[O-])cc2C1=O)N1CCN(c2cccc(C(F)(F)F)c2)CC1. The van der Waals surface area contributed by atoms with E-state index >= 15 is 0 Å². The second kappa shape index (κ2) is 8.19. The number of carbonyl (C=O) groups excluding carboxylic acids is 3. The molecular weight excluding hydrogens is 445 g/mol. The third-order valence-electron chi connectivity index (χ3n) is 5.63. The molecule has 1 saturated heterocycles. The monoisotopic (exact) mass is 462 g/mol. The Kier molecular flexibility index (Phi) is 5.52. The lowest BCUT2D eigenvalue weighted by atomic mass is 10.1. The quantitative estimate of drug-likeness (QED) is 0.393. The number of benzene rings is 2. The molecule has 33 heavy (non-hydrogen) atoms. The Balaban J connectivity index is 1.39. The van der Waals surface area contributed by atoms with Crippen LogP contribution in [-0.2, 0) is 11.0 Å². The Morgan fingerprint density at radius 1 is 0.970 bits per heavy atom. The first-order chi connectivity index (χ1) is 15.6. The number of imide groups is 1. The largest absolute Gasteiger partial charge is 0.416 e. The number of non-ortho nitro benzene ring substituents is 1. The Bertz CT molecular complexity index is 1160. The van der Waals surface area contributed by atoms with Crippen molar-refractivity contribution in [2.45, 2.75) is 6.18 Å². The van der Waals surface area contributed by atoms with E-state index in [0.29, 0.717) is 5.69 Å². The van der Waals surface area contributed by atoms with Gasteiger partial charge in [0.2, 0.25) is 5.91 Å². The molecule has 2 aromatic carbocycles. The van der Waals surface area contributed by atoms with Gasteiger partial charge in [-0.05, 0) is 24.3 Å². The predicted octanol–water partition coefficient (Wildman–Crippen LogP) is 2.56. The first-order valence-electron chi connectivity index (χ1n) is 9.91. The topological polar surface area (TPSA) is 104 Å². The maximum atomic E-state index is 13.0. The molecule has 172 valence electrons. The van der Waals surface area contributed by atoms with Gasteiger partial charge in [0.05, 0.1) is 21.6 Å². The van der Waals surface area contributed by atoms with Crippen LogP contribution in [0.1, 0.15) is 26.3 Å². The lowest BCUT2D eigenvalue weighted by Gasteiger charge is -2.36. The van der Waals surface area contributed by atoms with Crippen LogP contribution in [0, 0.1) is 10.1 Å². The van der Waals surface area contributed by atoms with Crippen molar-refractivity contribution >= 4 is 29.1 Å². The summed E-state index contributed by atoms with van der Waals surface area (Å²) >= 11 is 0. The van der Waals surface area contributed by atoms with Crippen LogP contribution in [0.4, 0.5) is 24.5 Å². The van der Waals surface area contributed by atoms with Crippen LogP contribution in [0.25, 0.3) is 0 Å². The normalized spacial score (nSPS) is 16.3. The van der Waals surface area contributed by atoms with Gasteiger partial charge in [0.25, 0.3) is 17.5 Å². The number of hydrogen-bond acceptors (Lipinski definition) is 6. The number of nitro benzene ring substituents is 1. The summed E-state index contributed by atoms with van der Waals surface area (Å²) in [6.07, 6.45) is -4.46. The van der Waals surface area contributed by atoms with Gasteiger partial charge >= 0.3 is 6.18 Å². The fraction of sp³-hybridized carbons (Fsp3) is 0.286. The van der Waals surface area contributed by atoms with E-state index in [9.17, 15) is 37.7 Å². The summed E-state index contributed by atoms with van der Waals surface area (Å²) in [5, 5.41) is 10.9. The number of carbonyl (C=O) groups is 3. The Morgan fingerprint density at radius 3 is 2.27 bits per heavy atom. The van der Waals surface area contributed by atoms with Gasteiger partial charge in [-0.15, -0.1) is 0 Å². The van der Waals surface area contributed by atoms with E-state index in [-0.39, 0.29) is 43.0 Å². The maximum Gasteiger partial charge on any atom is 0.416 e. The smallest absolute Gasteiger partial charge is 0.368 e. The van der Waals surface area contributed by atoms with E-state index in [0.717, 1.165) is 29.2 Å². The lowest BCUT2D eigenvalue weighted by molar-refractivity contribution is -0.384. The van der Waals surface area contributed by atoms with E-state index in [1.807, 2.05) is 0 Å². The van der Waals surface area contributed by atoms with Crippen molar-refractivity contribution in [1.29, 1.82) is 0 Å². The molecule has 0 unspecified atom stereocenters. The highest BCUT2D eigenvalue weighted by Gasteiger charge is 2.39. The molecule has 2 aliphatic heterocycles. The minimum Gasteiger partial charge on any atom is -0.368 e. The number of anilines is 1. The molecule has 2 heterocycles. The number of halogens is 3. The molecule has 4 rings (SSSR count). The second-order valence-corrected chi connectivity index (χ2v) is 7.60. The number of fused-ring (bicyclic) bond motifs is 1. The number of piperazine rings is 1. The molecule has 0 atom stereocenters. The zero-order chi connectivity index (χ0) is 23.9. The molecule has 0 N–H and O–H groups in total. The van der Waals surface area contributed by atoms with Gasteiger partial charge < -0.3 is 9.80 Å². The standard InChI is InChI=1S/C21H17F3N4O5/c22-21(23,24)13-2-1-3-14(10-13)25-6-8-26(9-7-25)18(29)12-27-19(30)16-5-4-15(28(32)33)11-17(16)20(27)31/h1-5,10-11H,6-9,12H2. The molecular formula is C21H17F3N4O5. The van der Waals surface area contributed by atoms with Gasteiger partial charge in [-0.3, -0.25) is 29.4 Å². The first kappa shape index (κ1) is 22.2. The van der Waals surface area contributed by atoms with Crippen molar-refractivity contribution in [3.8, 4) is 0 Å². The Hall–Kier alpha value is -3.96. The summed E-state index contributed by atoms with van der Waals surface area (Å²) < 4.78 is 38.9. The second-order valence-electron chi connectivity index (χ2n) is 7.60. The Morgan fingerprint density at radius 2 is 1.64 bits per heavy atom. The van der Waals surface area contributed by atoms with Crippen LogP contribution in [0.5, 0.6) is 0 Å². The molecule has 3 amide bonds. The van der Waals surface area contributed by atoms with Gasteiger partial charge in [0.1, 0.15) is 6.54 Å². The highest BCUT2D eigenvalue weighted by molar-refractivity contribution is 6.22. The number of nitrogens with zero attached hydrogens (tertiary/aromatic N) is 4. The van der Waals surface area contributed by atoms with Crippen molar-refractivity contribution < 1.29 is 32.5 Å². The van der Waals surface area contributed by atoms with E-state index in [1.165, 1.54) is 17.0 Å². The zero-order valence-electron chi connectivity index (χ0n) is 17.0. The van der Waals surface area contributed by atoms with E-state index in [1.54, 1.807) is 11.0 Å². The summed E-state index contributed by atoms with van der Waals surface area (Å²) in [5.41, 5.74) is -0.846. The molecule has 0 aliphatic carbocycles. The summed E-state index contributed by atoms with van der Waals surface area (Å²) in [6.45, 7) is 0.430. The highest BCUT2D eigenvalue weighted by atomic mass is 19.4. The lowest BCUT2D eigenvalue weighted by Crippen LogP contribution is -2.52. The van der Waals surface area contributed by atoms with Crippen molar-refractivity contribution in [3.63, 3.8) is 0 Å². The molecule has 12 heteroatoms. The molecule has 0 bridgehead atoms. The molecule has 0 aromatic heterocycles. The molecule has 0 saturated carbocycles. The first-order valence-corrected chi connectivity index (χ1v) is 9.91. The molecule has 1 fully saturated rings. The van der Waals surface area contributed by atoms with E-state index in [2.05, 4.69) is 0 Å². The molecule has 0 spiro atoms. The fourth-order valence-corrected chi connectivity index (χ4v) is 3.86. The number of alkyl halides is 3. The Labute approximate surface area is 185 Å². The number of hydrogen-bond donors (Lipinski definition) is 0. The summed E-state index contributed by atoms with van der Waals surface area (Å²) in [5.74, 6) is -1.99. The molecule has 0 radical (unpaired) electrons. The average molecular weight is 462 g/mol. The number of amides is 3. The van der Waals surface area contributed by atoms with Crippen molar-refractivity contribution in [2.75, 3.05) is 37.6 Å². The number of nitro groups is 1. The summed E-state index contributed by atoms with van der Waals surface area (Å²) in [4.78, 5) is 51.9. The maximum absolute atomic E-state index is 13.0. The van der Waals surface area contributed by atoms with E-state index < -0.39 is 40.9 Å². The summed E-state index contributed by atoms with van der Waals surface area (Å²) in [6, 6.07) is 8.23.